The molecule has 7 nitrogen and oxygen atoms in total. The summed E-state index contributed by atoms with van der Waals surface area (Å²) in [7, 11) is 0. The molecule has 0 aliphatic carbocycles. The van der Waals surface area contributed by atoms with E-state index >= 15 is 0 Å². The minimum absolute atomic E-state index is 0.327. The number of hydrogen-bond donors (Lipinski definition) is 2. The number of nitrogens with two attached hydrogens (primary N) is 1. The van der Waals surface area contributed by atoms with Crippen molar-refractivity contribution >= 4 is 34.6 Å². The van der Waals surface area contributed by atoms with Crippen LogP contribution in [0.2, 0.25) is 0 Å². The van der Waals surface area contributed by atoms with Gasteiger partial charge in [0.1, 0.15) is 17.7 Å². The molecule has 4 aromatic rings. The number of benzene rings is 2. The number of para-hydroxylation sites is 1. The summed E-state index contributed by atoms with van der Waals surface area (Å²) in [5.74, 6) is 1.22. The van der Waals surface area contributed by atoms with Gasteiger partial charge in [-0.05, 0) is 67.3 Å². The number of hydrogen-bond acceptors (Lipinski definition) is 7. The molecule has 0 fully saturated rings. The van der Waals surface area contributed by atoms with Crippen molar-refractivity contribution < 1.29 is 0 Å². The highest BCUT2D eigenvalue weighted by Gasteiger charge is 2.15. The predicted molar refractivity (Wildman–Crippen MR) is 130 cm³/mol. The van der Waals surface area contributed by atoms with Crippen LogP contribution in [0, 0.1) is 43.4 Å². The highest BCUT2D eigenvalue weighted by Crippen LogP contribution is 2.35. The van der Waals surface area contributed by atoms with Crippen molar-refractivity contribution in [3.8, 4) is 23.3 Å². The molecule has 0 atom stereocenters. The number of anilines is 3. The smallest absolute Gasteiger partial charge is 0.230 e. The fourth-order valence-electron chi connectivity index (χ4n) is 3.95. The van der Waals surface area contributed by atoms with Crippen molar-refractivity contribution in [2.75, 3.05) is 11.1 Å². The maximum Gasteiger partial charge on any atom is 0.230 e. The fourth-order valence-corrected chi connectivity index (χ4v) is 3.95. The van der Waals surface area contributed by atoms with E-state index < -0.39 is 0 Å². The molecule has 0 aliphatic heterocycles. The van der Waals surface area contributed by atoms with Crippen LogP contribution in [0.4, 0.5) is 17.6 Å². The van der Waals surface area contributed by atoms with E-state index in [1.165, 1.54) is 6.08 Å². The van der Waals surface area contributed by atoms with Gasteiger partial charge in [0.2, 0.25) is 5.95 Å². The molecule has 0 saturated heterocycles. The van der Waals surface area contributed by atoms with Crippen molar-refractivity contribution in [3.05, 3.63) is 76.5 Å². The number of nitriles is 2. The van der Waals surface area contributed by atoms with Crippen LogP contribution < -0.4 is 11.1 Å². The number of nitrogens with zero attached hydrogens (tertiary/aromatic N) is 5. The largest absolute Gasteiger partial charge is 0.383 e. The zero-order valence-corrected chi connectivity index (χ0v) is 18.5. The third kappa shape index (κ3) is 4.21. The Morgan fingerprint density at radius 1 is 0.970 bits per heavy atom. The molecule has 0 radical (unpaired) electrons. The van der Waals surface area contributed by atoms with Crippen LogP contribution in [0.25, 0.3) is 28.1 Å². The molecule has 4 rings (SSSR count). The van der Waals surface area contributed by atoms with Crippen LogP contribution in [0.1, 0.15) is 27.9 Å². The molecular formula is C26H21N7. The van der Waals surface area contributed by atoms with Crippen molar-refractivity contribution in [2.24, 2.45) is 0 Å². The first kappa shape index (κ1) is 21.5. The van der Waals surface area contributed by atoms with E-state index in [0.717, 1.165) is 38.7 Å². The van der Waals surface area contributed by atoms with Gasteiger partial charge in [0, 0.05) is 17.0 Å². The van der Waals surface area contributed by atoms with E-state index in [2.05, 4.69) is 21.4 Å². The first-order valence-corrected chi connectivity index (χ1v) is 10.3. The number of allylic oxidation sites excluding steroid dienone is 1. The summed E-state index contributed by atoms with van der Waals surface area (Å²) in [5.41, 5.74) is 13.3. The fraction of sp³-hybridized carbons (Fsp3) is 0.115. The monoisotopic (exact) mass is 431 g/mol. The second-order valence-corrected chi connectivity index (χ2v) is 7.69. The van der Waals surface area contributed by atoms with Crippen molar-refractivity contribution in [2.45, 2.75) is 20.8 Å². The average molecular weight is 432 g/mol. The van der Waals surface area contributed by atoms with Gasteiger partial charge in [0.05, 0.1) is 22.8 Å². The summed E-state index contributed by atoms with van der Waals surface area (Å²) in [6.45, 7) is 5.86. The summed E-state index contributed by atoms with van der Waals surface area (Å²) >= 11 is 0. The Morgan fingerprint density at radius 3 is 2.39 bits per heavy atom. The normalized spacial score (nSPS) is 10.8. The Balaban J connectivity index is 1.84. The van der Waals surface area contributed by atoms with Crippen LogP contribution in [0.5, 0.6) is 0 Å². The highest BCUT2D eigenvalue weighted by molar-refractivity contribution is 6.00. The quantitative estimate of drug-likeness (QED) is 0.417. The van der Waals surface area contributed by atoms with Gasteiger partial charge in [-0.25, -0.2) is 9.97 Å². The molecule has 2 aromatic heterocycles. The summed E-state index contributed by atoms with van der Waals surface area (Å²) in [6, 6.07) is 17.5. The van der Waals surface area contributed by atoms with Crippen molar-refractivity contribution in [3.63, 3.8) is 0 Å². The lowest BCUT2D eigenvalue weighted by atomic mass is 9.92. The first-order valence-electron chi connectivity index (χ1n) is 10.3. The van der Waals surface area contributed by atoms with E-state index in [1.807, 2.05) is 50.2 Å². The molecule has 0 spiro atoms. The van der Waals surface area contributed by atoms with Gasteiger partial charge in [0.25, 0.3) is 0 Å². The number of rotatable bonds is 4. The number of nitrogens with one attached hydrogen (secondary N) is 1. The van der Waals surface area contributed by atoms with E-state index in [1.54, 1.807) is 25.1 Å². The molecule has 0 saturated carbocycles. The van der Waals surface area contributed by atoms with E-state index in [0.29, 0.717) is 28.8 Å². The standard InChI is InChI=1S/C26H21N7/c1-15-12-18(6-5-11-27)13-16(2)23(15)20-7-4-8-21-24(20)32-26(33-25(21)29)31-22-10-9-19(14-28)17(3)30-22/h4-10,12-13H,1-3H3,(H3,29,30,31,32,33). The van der Waals surface area contributed by atoms with Gasteiger partial charge >= 0.3 is 0 Å². The number of aryl methyl sites for hydroxylation is 3. The maximum atomic E-state index is 9.13. The molecule has 2 aromatic carbocycles. The van der Waals surface area contributed by atoms with Crippen LogP contribution in [0.3, 0.4) is 0 Å². The number of pyridine rings is 1. The summed E-state index contributed by atoms with van der Waals surface area (Å²) in [6.07, 6.45) is 3.26. The van der Waals surface area contributed by atoms with E-state index in [4.69, 9.17) is 21.2 Å². The molecule has 0 bridgehead atoms. The Hall–Kier alpha value is -4.75. The Morgan fingerprint density at radius 2 is 1.73 bits per heavy atom. The summed E-state index contributed by atoms with van der Waals surface area (Å²) in [5, 5.41) is 21.8. The molecule has 3 N–H and O–H groups in total. The Labute approximate surface area is 191 Å². The minimum Gasteiger partial charge on any atom is -0.383 e. The maximum absolute atomic E-state index is 9.13. The van der Waals surface area contributed by atoms with Gasteiger partial charge in [-0.2, -0.15) is 15.5 Å². The minimum atomic E-state index is 0.327. The van der Waals surface area contributed by atoms with E-state index in [9.17, 15) is 0 Å². The molecule has 33 heavy (non-hydrogen) atoms. The van der Waals surface area contributed by atoms with Crippen molar-refractivity contribution in [1.82, 2.24) is 15.0 Å². The molecule has 160 valence electrons. The Bertz CT molecular complexity index is 1480. The summed E-state index contributed by atoms with van der Waals surface area (Å²) in [4.78, 5) is 13.6. The second kappa shape index (κ2) is 8.78. The van der Waals surface area contributed by atoms with Gasteiger partial charge in [-0.3, -0.25) is 0 Å². The van der Waals surface area contributed by atoms with E-state index in [-0.39, 0.29) is 0 Å². The molecular weight excluding hydrogens is 410 g/mol. The summed E-state index contributed by atoms with van der Waals surface area (Å²) < 4.78 is 0. The molecule has 0 amide bonds. The average Bonchev–Trinajstić information content (AvgIpc) is 2.78. The second-order valence-electron chi connectivity index (χ2n) is 7.69. The number of fused-ring (bicyclic) bond motifs is 1. The van der Waals surface area contributed by atoms with Gasteiger partial charge < -0.3 is 11.1 Å². The van der Waals surface area contributed by atoms with Crippen LogP contribution in [0.15, 0.2) is 48.5 Å². The third-order valence-electron chi connectivity index (χ3n) is 5.38. The zero-order valence-electron chi connectivity index (χ0n) is 18.5. The van der Waals surface area contributed by atoms with Gasteiger partial charge in [-0.15, -0.1) is 0 Å². The highest BCUT2D eigenvalue weighted by atomic mass is 15.2. The molecule has 2 heterocycles. The molecule has 0 aliphatic rings. The molecule has 7 heteroatoms. The first-order chi connectivity index (χ1) is 15.9. The number of nitrogen functional groups attached to an aromatic ring is 1. The lowest BCUT2D eigenvalue weighted by Crippen LogP contribution is -2.04. The Kier molecular flexibility index (Phi) is 5.71. The lowest BCUT2D eigenvalue weighted by Gasteiger charge is -2.15. The topological polar surface area (TPSA) is 124 Å². The van der Waals surface area contributed by atoms with Crippen LogP contribution in [-0.2, 0) is 0 Å². The van der Waals surface area contributed by atoms with Crippen LogP contribution >= 0.6 is 0 Å². The number of aromatic nitrogens is 3. The predicted octanol–water partition coefficient (Wildman–Crippen LogP) is 5.35. The zero-order chi connectivity index (χ0) is 23.5. The van der Waals surface area contributed by atoms with Crippen molar-refractivity contribution in [1.29, 1.82) is 10.5 Å². The van der Waals surface area contributed by atoms with Gasteiger partial charge in [-0.1, -0.05) is 24.3 Å². The van der Waals surface area contributed by atoms with Crippen LogP contribution in [-0.4, -0.2) is 15.0 Å². The third-order valence-corrected chi connectivity index (χ3v) is 5.38. The van der Waals surface area contributed by atoms with Gasteiger partial charge in [0.15, 0.2) is 0 Å². The lowest BCUT2D eigenvalue weighted by molar-refractivity contribution is 1.15. The SMILES string of the molecule is Cc1cc(C=CC#N)cc(C)c1-c1cccc2c(N)nc(Nc3ccc(C#N)c(C)n3)nc12. The molecule has 0 unspecified atom stereocenters.